The number of hydrogen-bond acceptors (Lipinski definition) is 3. The molecule has 0 heterocycles. The van der Waals surface area contributed by atoms with E-state index in [9.17, 15) is 9.59 Å². The number of carbonyl (C=O) groups excluding carboxylic acids is 1. The average molecular weight is 271 g/mol. The Morgan fingerprint density at radius 1 is 1.05 bits per heavy atom. The summed E-state index contributed by atoms with van der Waals surface area (Å²) in [6.07, 6.45) is 0. The van der Waals surface area contributed by atoms with Crippen LogP contribution in [0.5, 0.6) is 5.75 Å². The summed E-state index contributed by atoms with van der Waals surface area (Å²) in [5.74, 6) is -0.948. The number of ether oxygens (including phenoxy) is 1. The summed E-state index contributed by atoms with van der Waals surface area (Å²) in [7, 11) is 0. The van der Waals surface area contributed by atoms with Crippen molar-refractivity contribution in [3.63, 3.8) is 0 Å². The normalized spacial score (nSPS) is 10.0. The Bertz CT molecular complexity index is 635. The summed E-state index contributed by atoms with van der Waals surface area (Å²) in [5, 5.41) is 8.79. The molecule has 0 aliphatic heterocycles. The lowest BCUT2D eigenvalue weighted by Gasteiger charge is -2.07. The smallest absolute Gasteiger partial charge is 0.335 e. The van der Waals surface area contributed by atoms with Gasteiger partial charge in [0.25, 0.3) is 0 Å². The highest BCUT2D eigenvalue weighted by atomic mass is 16.5. The Balaban J connectivity index is 2.03. The van der Waals surface area contributed by atoms with E-state index >= 15 is 0 Å². The van der Waals surface area contributed by atoms with Crippen molar-refractivity contribution in [2.75, 3.05) is 0 Å². The number of carbonyl (C=O) groups is 2. The maximum absolute atomic E-state index is 11.0. The first-order valence-electron chi connectivity index (χ1n) is 5.91. The fraction of sp³-hybridized carbons (Fsp3) is 0.0667. The van der Waals surface area contributed by atoms with Gasteiger partial charge in [0.1, 0.15) is 12.4 Å². The van der Waals surface area contributed by atoms with Gasteiger partial charge in [-0.3, -0.25) is 4.79 Å². The van der Waals surface area contributed by atoms with Crippen LogP contribution in [0.4, 0.5) is 0 Å². The van der Waals surface area contributed by atoms with Crippen LogP contribution in [0.25, 0.3) is 0 Å². The zero-order valence-corrected chi connectivity index (χ0v) is 10.6. The molecule has 0 radical (unpaired) electrons. The van der Waals surface area contributed by atoms with E-state index in [0.29, 0.717) is 11.3 Å². The summed E-state index contributed by atoms with van der Waals surface area (Å²) < 4.78 is 5.53. The van der Waals surface area contributed by atoms with Crippen molar-refractivity contribution in [1.29, 1.82) is 0 Å². The molecule has 5 nitrogen and oxygen atoms in total. The van der Waals surface area contributed by atoms with Crippen LogP contribution in [-0.4, -0.2) is 17.0 Å². The highest BCUT2D eigenvalue weighted by Gasteiger charge is 2.04. The molecule has 1 amide bonds. The van der Waals surface area contributed by atoms with E-state index < -0.39 is 11.9 Å². The van der Waals surface area contributed by atoms with Crippen molar-refractivity contribution < 1.29 is 19.4 Å². The Kier molecular flexibility index (Phi) is 4.00. The van der Waals surface area contributed by atoms with Crippen molar-refractivity contribution in [3.05, 3.63) is 65.2 Å². The standard InChI is InChI=1S/C15H13NO4/c16-14(17)12-2-1-3-13(8-12)20-9-10-4-6-11(7-5-10)15(18)19/h1-8H,9H2,(H2,16,17)(H,18,19). The van der Waals surface area contributed by atoms with E-state index in [1.54, 1.807) is 36.4 Å². The minimum absolute atomic E-state index is 0.226. The molecule has 0 fully saturated rings. The summed E-state index contributed by atoms with van der Waals surface area (Å²) in [4.78, 5) is 21.8. The molecule has 0 spiro atoms. The lowest BCUT2D eigenvalue weighted by molar-refractivity contribution is 0.0696. The number of amides is 1. The van der Waals surface area contributed by atoms with Crippen LogP contribution in [0.15, 0.2) is 48.5 Å². The Hall–Kier alpha value is -2.82. The zero-order chi connectivity index (χ0) is 14.5. The topological polar surface area (TPSA) is 89.6 Å². The molecule has 2 aromatic rings. The predicted octanol–water partition coefficient (Wildman–Crippen LogP) is 2.06. The van der Waals surface area contributed by atoms with Gasteiger partial charge in [-0.2, -0.15) is 0 Å². The molecule has 3 N–H and O–H groups in total. The van der Waals surface area contributed by atoms with Crippen molar-refractivity contribution in [2.45, 2.75) is 6.61 Å². The van der Waals surface area contributed by atoms with Gasteiger partial charge in [-0.05, 0) is 35.9 Å². The molecule has 20 heavy (non-hydrogen) atoms. The van der Waals surface area contributed by atoms with Crippen molar-refractivity contribution >= 4 is 11.9 Å². The van der Waals surface area contributed by atoms with Gasteiger partial charge in [0, 0.05) is 5.56 Å². The summed E-state index contributed by atoms with van der Waals surface area (Å²) in [5.41, 5.74) is 6.62. The maximum atomic E-state index is 11.0. The second kappa shape index (κ2) is 5.88. The fourth-order valence-electron chi connectivity index (χ4n) is 1.65. The summed E-state index contributed by atoms with van der Waals surface area (Å²) >= 11 is 0. The van der Waals surface area contributed by atoms with Gasteiger partial charge in [0.05, 0.1) is 5.56 Å². The van der Waals surface area contributed by atoms with Crippen LogP contribution in [0.1, 0.15) is 26.3 Å². The minimum Gasteiger partial charge on any atom is -0.489 e. The average Bonchev–Trinajstić information content (AvgIpc) is 2.46. The number of benzene rings is 2. The summed E-state index contributed by atoms with van der Waals surface area (Å²) in [6.45, 7) is 0.280. The number of carboxylic acid groups (broad SMARTS) is 1. The van der Waals surface area contributed by atoms with E-state index in [2.05, 4.69) is 0 Å². The molecule has 5 heteroatoms. The molecule has 0 saturated carbocycles. The third-order valence-electron chi connectivity index (χ3n) is 2.72. The second-order valence-corrected chi connectivity index (χ2v) is 4.18. The van der Waals surface area contributed by atoms with E-state index in [1.165, 1.54) is 12.1 Å². The first-order valence-corrected chi connectivity index (χ1v) is 5.91. The van der Waals surface area contributed by atoms with Crippen LogP contribution in [-0.2, 0) is 6.61 Å². The molecule has 2 aromatic carbocycles. The lowest BCUT2D eigenvalue weighted by Crippen LogP contribution is -2.10. The molecule has 0 atom stereocenters. The van der Waals surface area contributed by atoms with Crippen molar-refractivity contribution in [3.8, 4) is 5.75 Å². The van der Waals surface area contributed by atoms with Crippen LogP contribution < -0.4 is 10.5 Å². The Labute approximate surface area is 115 Å². The second-order valence-electron chi connectivity index (χ2n) is 4.18. The largest absolute Gasteiger partial charge is 0.489 e. The molecular weight excluding hydrogens is 258 g/mol. The van der Waals surface area contributed by atoms with Gasteiger partial charge in [0.15, 0.2) is 0 Å². The van der Waals surface area contributed by atoms with E-state index in [0.717, 1.165) is 5.56 Å². The SMILES string of the molecule is NC(=O)c1cccc(OCc2ccc(C(=O)O)cc2)c1. The first-order chi connectivity index (χ1) is 9.56. The highest BCUT2D eigenvalue weighted by Crippen LogP contribution is 2.15. The van der Waals surface area contributed by atoms with Gasteiger partial charge in [-0.1, -0.05) is 18.2 Å². The molecule has 102 valence electrons. The van der Waals surface area contributed by atoms with E-state index in [4.69, 9.17) is 15.6 Å². The van der Waals surface area contributed by atoms with E-state index in [-0.39, 0.29) is 12.2 Å². The lowest BCUT2D eigenvalue weighted by atomic mass is 10.1. The number of hydrogen-bond donors (Lipinski definition) is 2. The first kappa shape index (κ1) is 13.6. The third kappa shape index (κ3) is 3.35. The molecule has 0 bridgehead atoms. The quantitative estimate of drug-likeness (QED) is 0.871. The number of carboxylic acids is 1. The highest BCUT2D eigenvalue weighted by molar-refractivity contribution is 5.93. The van der Waals surface area contributed by atoms with Gasteiger partial charge in [0.2, 0.25) is 5.91 Å². The number of rotatable bonds is 5. The van der Waals surface area contributed by atoms with Crippen LogP contribution in [0, 0.1) is 0 Å². The number of aromatic carboxylic acids is 1. The van der Waals surface area contributed by atoms with Gasteiger partial charge >= 0.3 is 5.97 Å². The molecule has 0 saturated heterocycles. The zero-order valence-electron chi connectivity index (χ0n) is 10.6. The van der Waals surface area contributed by atoms with Gasteiger partial charge in [-0.25, -0.2) is 4.79 Å². The molecule has 0 aliphatic carbocycles. The molecular formula is C15H13NO4. The monoisotopic (exact) mass is 271 g/mol. The molecule has 0 aliphatic rings. The minimum atomic E-state index is -0.966. The van der Waals surface area contributed by atoms with Crippen LogP contribution >= 0.6 is 0 Å². The third-order valence-corrected chi connectivity index (χ3v) is 2.72. The maximum Gasteiger partial charge on any atom is 0.335 e. The van der Waals surface area contributed by atoms with Gasteiger partial charge in [-0.15, -0.1) is 0 Å². The van der Waals surface area contributed by atoms with E-state index in [1.807, 2.05) is 0 Å². The Morgan fingerprint density at radius 3 is 2.35 bits per heavy atom. The number of primary amides is 1. The van der Waals surface area contributed by atoms with Crippen LogP contribution in [0.2, 0.25) is 0 Å². The van der Waals surface area contributed by atoms with Crippen LogP contribution in [0.3, 0.4) is 0 Å². The summed E-state index contributed by atoms with van der Waals surface area (Å²) in [6, 6.07) is 13.0. The molecule has 2 rings (SSSR count). The predicted molar refractivity (Wildman–Crippen MR) is 72.7 cm³/mol. The van der Waals surface area contributed by atoms with Gasteiger partial charge < -0.3 is 15.6 Å². The van der Waals surface area contributed by atoms with Crippen molar-refractivity contribution in [2.24, 2.45) is 5.73 Å². The number of nitrogens with two attached hydrogens (primary N) is 1. The Morgan fingerprint density at radius 2 is 1.75 bits per heavy atom. The fourth-order valence-corrected chi connectivity index (χ4v) is 1.65. The molecule has 0 unspecified atom stereocenters. The van der Waals surface area contributed by atoms with Crippen molar-refractivity contribution in [1.82, 2.24) is 0 Å². The molecule has 0 aromatic heterocycles.